The average Bonchev–Trinajstić information content (AvgIpc) is 3.16. The van der Waals surface area contributed by atoms with Crippen molar-refractivity contribution in [1.29, 1.82) is 0 Å². The maximum absolute atomic E-state index is 5.88. The molecule has 1 aliphatic carbocycles. The molecule has 3 fully saturated rings. The van der Waals surface area contributed by atoms with Crippen LogP contribution in [0, 0.1) is 11.3 Å². The monoisotopic (exact) mass is 280 g/mol. The summed E-state index contributed by atoms with van der Waals surface area (Å²) < 4.78 is 5.88. The molecule has 2 aliphatic heterocycles. The van der Waals surface area contributed by atoms with Gasteiger partial charge in [-0.15, -0.1) is 0 Å². The molecule has 0 radical (unpaired) electrons. The van der Waals surface area contributed by atoms with E-state index in [1.807, 2.05) is 0 Å². The van der Waals surface area contributed by atoms with Crippen LogP contribution in [0.5, 0.6) is 0 Å². The molecule has 3 rings (SSSR count). The lowest BCUT2D eigenvalue weighted by atomic mass is 9.81. The Balaban J connectivity index is 1.62. The van der Waals surface area contributed by atoms with Gasteiger partial charge in [0.05, 0.1) is 6.61 Å². The Bertz CT molecular complexity index is 308. The molecule has 2 unspecified atom stereocenters. The molecule has 0 aromatic heterocycles. The van der Waals surface area contributed by atoms with Crippen LogP contribution in [0.25, 0.3) is 0 Å². The van der Waals surface area contributed by atoms with Gasteiger partial charge in [0.15, 0.2) is 0 Å². The summed E-state index contributed by atoms with van der Waals surface area (Å²) in [6, 6.07) is 1.61. The van der Waals surface area contributed by atoms with Crippen molar-refractivity contribution in [3.05, 3.63) is 0 Å². The summed E-state index contributed by atoms with van der Waals surface area (Å²) in [7, 11) is 0. The molecule has 116 valence electrons. The van der Waals surface area contributed by atoms with Crippen LogP contribution >= 0.6 is 0 Å². The molecule has 0 amide bonds. The van der Waals surface area contributed by atoms with Gasteiger partial charge in [-0.05, 0) is 51.0 Å². The van der Waals surface area contributed by atoms with Crippen molar-refractivity contribution >= 4 is 0 Å². The molecular formula is C17H32N2O. The van der Waals surface area contributed by atoms with Crippen molar-refractivity contribution < 1.29 is 4.74 Å². The number of hydrogen-bond donors (Lipinski definition) is 1. The molecule has 3 nitrogen and oxygen atoms in total. The van der Waals surface area contributed by atoms with Crippen molar-refractivity contribution in [2.75, 3.05) is 32.8 Å². The Kier molecular flexibility index (Phi) is 4.68. The zero-order valence-corrected chi connectivity index (χ0v) is 13.4. The second-order valence-electron chi connectivity index (χ2n) is 7.74. The van der Waals surface area contributed by atoms with Gasteiger partial charge in [-0.1, -0.05) is 13.8 Å². The van der Waals surface area contributed by atoms with Crippen LogP contribution in [0.15, 0.2) is 0 Å². The first-order valence-corrected chi connectivity index (χ1v) is 8.74. The summed E-state index contributed by atoms with van der Waals surface area (Å²) in [5.74, 6) is 0.787. The second-order valence-corrected chi connectivity index (χ2v) is 7.74. The molecule has 20 heavy (non-hydrogen) atoms. The molecule has 2 saturated heterocycles. The minimum absolute atomic E-state index is 0.373. The highest BCUT2D eigenvalue weighted by molar-refractivity contribution is 4.94. The Morgan fingerprint density at radius 2 is 2.10 bits per heavy atom. The normalized spacial score (nSPS) is 35.9. The Morgan fingerprint density at radius 1 is 1.25 bits per heavy atom. The van der Waals surface area contributed by atoms with E-state index in [1.165, 1.54) is 58.2 Å². The molecule has 3 heteroatoms. The lowest BCUT2D eigenvalue weighted by molar-refractivity contribution is -0.0307. The third kappa shape index (κ3) is 3.55. The molecular weight excluding hydrogens is 248 g/mol. The standard InChI is InChI=1S/C17H32N2O/c1-14(2)16-5-3-9-19(16)12-17(8-4-10-20-13-17)11-18-15-6-7-15/h14-16,18H,3-13H2,1-2H3. The topological polar surface area (TPSA) is 24.5 Å². The van der Waals surface area contributed by atoms with Gasteiger partial charge in [0.25, 0.3) is 0 Å². The summed E-state index contributed by atoms with van der Waals surface area (Å²) in [6.45, 7) is 10.4. The third-order valence-corrected chi connectivity index (χ3v) is 5.47. The summed E-state index contributed by atoms with van der Waals surface area (Å²) in [6.07, 6.45) is 8.13. The predicted molar refractivity (Wildman–Crippen MR) is 82.9 cm³/mol. The maximum Gasteiger partial charge on any atom is 0.0546 e. The first kappa shape index (κ1) is 14.8. The van der Waals surface area contributed by atoms with E-state index in [-0.39, 0.29) is 0 Å². The molecule has 1 N–H and O–H groups in total. The van der Waals surface area contributed by atoms with Crippen LogP contribution in [0.1, 0.15) is 52.4 Å². The average molecular weight is 280 g/mol. The van der Waals surface area contributed by atoms with Gasteiger partial charge in [0.2, 0.25) is 0 Å². The number of hydrogen-bond acceptors (Lipinski definition) is 3. The zero-order valence-electron chi connectivity index (χ0n) is 13.4. The molecule has 0 aromatic carbocycles. The largest absolute Gasteiger partial charge is 0.381 e. The lowest BCUT2D eigenvalue weighted by Gasteiger charge is -2.42. The zero-order chi connectivity index (χ0) is 14.0. The van der Waals surface area contributed by atoms with Crippen LogP contribution in [0.2, 0.25) is 0 Å². The van der Waals surface area contributed by atoms with E-state index in [0.29, 0.717) is 5.41 Å². The van der Waals surface area contributed by atoms with E-state index in [4.69, 9.17) is 4.74 Å². The van der Waals surface area contributed by atoms with Gasteiger partial charge < -0.3 is 10.1 Å². The number of nitrogens with zero attached hydrogens (tertiary/aromatic N) is 1. The summed E-state index contributed by atoms with van der Waals surface area (Å²) in [5, 5.41) is 3.78. The van der Waals surface area contributed by atoms with Crippen molar-refractivity contribution in [2.45, 2.75) is 64.5 Å². The van der Waals surface area contributed by atoms with Gasteiger partial charge in [-0.2, -0.15) is 0 Å². The van der Waals surface area contributed by atoms with Gasteiger partial charge in [-0.25, -0.2) is 0 Å². The highest BCUT2D eigenvalue weighted by Crippen LogP contribution is 2.34. The lowest BCUT2D eigenvalue weighted by Crippen LogP contribution is -2.51. The van der Waals surface area contributed by atoms with Crippen LogP contribution in [0.3, 0.4) is 0 Å². The number of nitrogens with one attached hydrogen (secondary N) is 1. The van der Waals surface area contributed by atoms with E-state index < -0.39 is 0 Å². The number of rotatable bonds is 6. The van der Waals surface area contributed by atoms with Crippen molar-refractivity contribution in [2.24, 2.45) is 11.3 Å². The number of likely N-dealkylation sites (tertiary alicyclic amines) is 1. The van der Waals surface area contributed by atoms with Crippen molar-refractivity contribution in [1.82, 2.24) is 10.2 Å². The minimum Gasteiger partial charge on any atom is -0.381 e. The summed E-state index contributed by atoms with van der Waals surface area (Å²) >= 11 is 0. The molecule has 3 aliphatic rings. The Morgan fingerprint density at radius 3 is 2.75 bits per heavy atom. The van der Waals surface area contributed by atoms with Crippen molar-refractivity contribution in [3.8, 4) is 0 Å². The SMILES string of the molecule is CC(C)C1CCCN1CC1(CNC2CC2)CCCOC1. The molecule has 1 saturated carbocycles. The van der Waals surface area contributed by atoms with Gasteiger partial charge >= 0.3 is 0 Å². The fourth-order valence-electron chi connectivity index (χ4n) is 4.11. The minimum atomic E-state index is 0.373. The molecule has 2 heterocycles. The Labute approximate surface area is 124 Å². The Hall–Kier alpha value is -0.120. The molecule has 0 aromatic rings. The highest BCUT2D eigenvalue weighted by atomic mass is 16.5. The van der Waals surface area contributed by atoms with Crippen molar-refractivity contribution in [3.63, 3.8) is 0 Å². The maximum atomic E-state index is 5.88. The second kappa shape index (κ2) is 6.33. The summed E-state index contributed by atoms with van der Waals surface area (Å²) in [4.78, 5) is 2.77. The van der Waals surface area contributed by atoms with E-state index in [0.717, 1.165) is 31.2 Å². The smallest absolute Gasteiger partial charge is 0.0546 e. The van der Waals surface area contributed by atoms with Crippen LogP contribution in [-0.4, -0.2) is 49.8 Å². The van der Waals surface area contributed by atoms with E-state index in [9.17, 15) is 0 Å². The van der Waals surface area contributed by atoms with Gasteiger partial charge in [0, 0.05) is 37.2 Å². The fraction of sp³-hybridized carbons (Fsp3) is 1.00. The first-order valence-electron chi connectivity index (χ1n) is 8.74. The molecule has 0 bridgehead atoms. The van der Waals surface area contributed by atoms with E-state index in [2.05, 4.69) is 24.1 Å². The molecule has 0 spiro atoms. The van der Waals surface area contributed by atoms with Gasteiger partial charge in [0.1, 0.15) is 0 Å². The van der Waals surface area contributed by atoms with E-state index >= 15 is 0 Å². The number of ether oxygens (including phenoxy) is 1. The predicted octanol–water partition coefficient (Wildman–Crippen LogP) is 2.66. The van der Waals surface area contributed by atoms with Crippen LogP contribution in [0.4, 0.5) is 0 Å². The quantitative estimate of drug-likeness (QED) is 0.809. The first-order chi connectivity index (χ1) is 9.69. The van der Waals surface area contributed by atoms with Crippen LogP contribution < -0.4 is 5.32 Å². The third-order valence-electron chi connectivity index (χ3n) is 5.47. The fourth-order valence-corrected chi connectivity index (χ4v) is 4.11. The van der Waals surface area contributed by atoms with Gasteiger partial charge in [-0.3, -0.25) is 4.90 Å². The van der Waals surface area contributed by atoms with E-state index in [1.54, 1.807) is 0 Å². The highest BCUT2D eigenvalue weighted by Gasteiger charge is 2.39. The van der Waals surface area contributed by atoms with Crippen LogP contribution in [-0.2, 0) is 4.74 Å². The molecule has 2 atom stereocenters. The summed E-state index contributed by atoms with van der Waals surface area (Å²) in [5.41, 5.74) is 0.373.